The Morgan fingerprint density at radius 1 is 0.963 bits per heavy atom. The molecule has 142 valence electrons. The Kier molecular flexibility index (Phi) is 5.88. The quantitative estimate of drug-likeness (QED) is 0.574. The second-order valence-electron chi connectivity index (χ2n) is 5.76. The van der Waals surface area contributed by atoms with Crippen molar-refractivity contribution in [1.29, 1.82) is 0 Å². The lowest BCUT2D eigenvalue weighted by molar-refractivity contribution is 0.0555. The lowest BCUT2D eigenvalue weighted by atomic mass is 10.0. The molecule has 0 saturated carbocycles. The number of carbonyl (C=O) groups excluding carboxylic acids is 3. The number of carbonyl (C=O) groups is 3. The number of hydrogen-bond acceptors (Lipinski definition) is 8. The molecule has 2 heterocycles. The zero-order valence-electron chi connectivity index (χ0n) is 15.0. The molecule has 0 aliphatic carbocycles. The minimum atomic E-state index is -0.745. The van der Waals surface area contributed by atoms with Crippen LogP contribution < -0.4 is 4.90 Å². The van der Waals surface area contributed by atoms with E-state index in [2.05, 4.69) is 0 Å². The molecule has 1 aliphatic heterocycles. The first-order valence-electron chi connectivity index (χ1n) is 8.34. The standard InChI is InChI=1S/C19H19NO6S/c1-24-18(22)13-14(19(23)25-2)17(20-8-10-26-11-9-20)27-16(13)15(21)12-6-4-3-5-7-12/h3-7H,8-11H2,1-2H3. The molecule has 1 saturated heterocycles. The van der Waals surface area contributed by atoms with Gasteiger partial charge in [0.1, 0.15) is 10.6 Å². The highest BCUT2D eigenvalue weighted by atomic mass is 32.1. The molecule has 0 spiro atoms. The molecule has 1 aromatic heterocycles. The average molecular weight is 389 g/mol. The van der Waals surface area contributed by atoms with Crippen LogP contribution in [-0.2, 0) is 14.2 Å². The van der Waals surface area contributed by atoms with Crippen molar-refractivity contribution in [2.75, 3.05) is 45.4 Å². The van der Waals surface area contributed by atoms with Crippen molar-refractivity contribution >= 4 is 34.1 Å². The van der Waals surface area contributed by atoms with Gasteiger partial charge in [-0.25, -0.2) is 9.59 Å². The molecule has 0 N–H and O–H groups in total. The first-order chi connectivity index (χ1) is 13.1. The number of hydrogen-bond donors (Lipinski definition) is 0. The maximum Gasteiger partial charge on any atom is 0.341 e. The molecule has 27 heavy (non-hydrogen) atoms. The fourth-order valence-electron chi connectivity index (χ4n) is 2.88. The van der Waals surface area contributed by atoms with Crippen molar-refractivity contribution < 1.29 is 28.6 Å². The van der Waals surface area contributed by atoms with E-state index in [9.17, 15) is 14.4 Å². The highest BCUT2D eigenvalue weighted by Crippen LogP contribution is 2.39. The van der Waals surface area contributed by atoms with Crippen LogP contribution in [0.1, 0.15) is 36.0 Å². The Bertz CT molecular complexity index is 855. The van der Waals surface area contributed by atoms with Gasteiger partial charge in [-0.1, -0.05) is 30.3 Å². The molecule has 3 rings (SSSR count). The van der Waals surface area contributed by atoms with Gasteiger partial charge in [-0.3, -0.25) is 4.79 Å². The molecule has 1 aliphatic rings. The highest BCUT2D eigenvalue weighted by molar-refractivity contribution is 7.19. The van der Waals surface area contributed by atoms with E-state index in [1.807, 2.05) is 4.90 Å². The Labute approximate surface area is 160 Å². The Balaban J connectivity index is 2.19. The molecule has 2 aromatic rings. The number of morpholine rings is 1. The van der Waals surface area contributed by atoms with E-state index in [1.165, 1.54) is 14.2 Å². The van der Waals surface area contributed by atoms with E-state index in [0.717, 1.165) is 11.3 Å². The van der Waals surface area contributed by atoms with Crippen LogP contribution in [0.4, 0.5) is 5.00 Å². The van der Waals surface area contributed by atoms with Gasteiger partial charge in [0.2, 0.25) is 5.78 Å². The first kappa shape index (κ1) is 19.1. The van der Waals surface area contributed by atoms with Crippen LogP contribution in [0.5, 0.6) is 0 Å². The normalized spacial score (nSPS) is 13.9. The van der Waals surface area contributed by atoms with Gasteiger partial charge < -0.3 is 19.1 Å². The molecule has 7 nitrogen and oxygen atoms in total. The van der Waals surface area contributed by atoms with Gasteiger partial charge in [0.05, 0.1) is 37.9 Å². The van der Waals surface area contributed by atoms with Crippen molar-refractivity contribution in [1.82, 2.24) is 0 Å². The summed E-state index contributed by atoms with van der Waals surface area (Å²) in [5.41, 5.74) is 0.439. The Morgan fingerprint density at radius 2 is 1.56 bits per heavy atom. The minimum Gasteiger partial charge on any atom is -0.465 e. The van der Waals surface area contributed by atoms with E-state index in [0.29, 0.717) is 36.9 Å². The summed E-state index contributed by atoms with van der Waals surface area (Å²) >= 11 is 1.10. The molecule has 8 heteroatoms. The number of ketones is 1. The molecular formula is C19H19NO6S. The third kappa shape index (κ3) is 3.72. The monoisotopic (exact) mass is 389 g/mol. The minimum absolute atomic E-state index is 0.0512. The number of benzene rings is 1. The van der Waals surface area contributed by atoms with Crippen molar-refractivity contribution in [2.24, 2.45) is 0 Å². The van der Waals surface area contributed by atoms with Crippen molar-refractivity contribution in [3.63, 3.8) is 0 Å². The van der Waals surface area contributed by atoms with E-state index in [-0.39, 0.29) is 21.8 Å². The van der Waals surface area contributed by atoms with Crippen LogP contribution in [0, 0.1) is 0 Å². The third-order valence-corrected chi connectivity index (χ3v) is 5.46. The predicted molar refractivity (Wildman–Crippen MR) is 99.9 cm³/mol. The van der Waals surface area contributed by atoms with Crippen LogP contribution in [0.2, 0.25) is 0 Å². The van der Waals surface area contributed by atoms with Crippen LogP contribution in [-0.4, -0.2) is 58.2 Å². The van der Waals surface area contributed by atoms with Gasteiger partial charge in [-0.2, -0.15) is 0 Å². The van der Waals surface area contributed by atoms with Crippen molar-refractivity contribution in [3.05, 3.63) is 51.9 Å². The zero-order chi connectivity index (χ0) is 19.4. The van der Waals surface area contributed by atoms with E-state index >= 15 is 0 Å². The molecule has 1 fully saturated rings. The van der Waals surface area contributed by atoms with Crippen LogP contribution in [0.15, 0.2) is 30.3 Å². The van der Waals surface area contributed by atoms with Crippen LogP contribution in [0.25, 0.3) is 0 Å². The largest absolute Gasteiger partial charge is 0.465 e. The molecule has 0 bridgehead atoms. The molecular weight excluding hydrogens is 370 g/mol. The SMILES string of the molecule is COC(=O)c1c(C(=O)c2ccccc2)sc(N2CCOCC2)c1C(=O)OC. The maximum absolute atomic E-state index is 13.1. The topological polar surface area (TPSA) is 82.1 Å². The summed E-state index contributed by atoms with van der Waals surface area (Å²) in [6.45, 7) is 2.08. The Morgan fingerprint density at radius 3 is 2.15 bits per heavy atom. The highest BCUT2D eigenvalue weighted by Gasteiger charge is 2.35. The van der Waals surface area contributed by atoms with Crippen molar-refractivity contribution in [3.8, 4) is 0 Å². The summed E-state index contributed by atoms with van der Waals surface area (Å²) in [4.78, 5) is 40.1. The second-order valence-corrected chi connectivity index (χ2v) is 6.76. The van der Waals surface area contributed by atoms with Crippen LogP contribution in [0.3, 0.4) is 0 Å². The number of anilines is 1. The fraction of sp³-hybridized carbons (Fsp3) is 0.316. The van der Waals surface area contributed by atoms with Crippen molar-refractivity contribution in [2.45, 2.75) is 0 Å². The first-order valence-corrected chi connectivity index (χ1v) is 9.16. The van der Waals surface area contributed by atoms with E-state index < -0.39 is 11.9 Å². The average Bonchev–Trinajstić information content (AvgIpc) is 3.14. The van der Waals surface area contributed by atoms with E-state index in [1.54, 1.807) is 30.3 Å². The second kappa shape index (κ2) is 8.32. The molecule has 0 atom stereocenters. The third-order valence-electron chi connectivity index (χ3n) is 4.21. The fourth-order valence-corrected chi connectivity index (χ4v) is 4.17. The summed E-state index contributed by atoms with van der Waals surface area (Å²) in [7, 11) is 2.45. The summed E-state index contributed by atoms with van der Waals surface area (Å²) in [5, 5.41) is 0.518. The summed E-state index contributed by atoms with van der Waals surface area (Å²) in [5.74, 6) is -1.77. The van der Waals surface area contributed by atoms with Gasteiger partial charge in [0.25, 0.3) is 0 Å². The number of nitrogens with zero attached hydrogens (tertiary/aromatic N) is 1. The van der Waals surface area contributed by atoms with Gasteiger partial charge in [0.15, 0.2) is 0 Å². The van der Waals surface area contributed by atoms with Gasteiger partial charge in [-0.05, 0) is 0 Å². The molecule has 0 amide bonds. The number of thiophene rings is 1. The number of rotatable bonds is 5. The number of esters is 2. The summed E-state index contributed by atoms with van der Waals surface area (Å²) in [6.07, 6.45) is 0. The lowest BCUT2D eigenvalue weighted by Gasteiger charge is -2.28. The van der Waals surface area contributed by atoms with Gasteiger partial charge >= 0.3 is 11.9 Å². The van der Waals surface area contributed by atoms with E-state index in [4.69, 9.17) is 14.2 Å². The Hall–Kier alpha value is -2.71. The van der Waals surface area contributed by atoms with Gasteiger partial charge in [0, 0.05) is 18.7 Å². The van der Waals surface area contributed by atoms with Crippen LogP contribution >= 0.6 is 11.3 Å². The zero-order valence-corrected chi connectivity index (χ0v) is 15.8. The summed E-state index contributed by atoms with van der Waals surface area (Å²) < 4.78 is 15.1. The molecule has 0 radical (unpaired) electrons. The number of ether oxygens (including phenoxy) is 3. The maximum atomic E-state index is 13.1. The smallest absolute Gasteiger partial charge is 0.341 e. The lowest BCUT2D eigenvalue weighted by Crippen LogP contribution is -2.36. The molecule has 0 unspecified atom stereocenters. The van der Waals surface area contributed by atoms with Gasteiger partial charge in [-0.15, -0.1) is 11.3 Å². The predicted octanol–water partition coefficient (Wildman–Crippen LogP) is 2.39. The summed E-state index contributed by atoms with van der Waals surface area (Å²) in [6, 6.07) is 8.60. The molecule has 1 aromatic carbocycles. The number of methoxy groups -OCH3 is 2.